The molecule has 0 radical (unpaired) electrons. The molecule has 7 heteroatoms. The molecule has 2 aromatic rings. The maximum atomic E-state index is 11.3. The van der Waals surface area contributed by atoms with E-state index in [1.54, 1.807) is 16.9 Å². The molecule has 1 atom stereocenters. The lowest BCUT2D eigenvalue weighted by atomic mass is 10.1. The van der Waals surface area contributed by atoms with E-state index in [4.69, 9.17) is 0 Å². The summed E-state index contributed by atoms with van der Waals surface area (Å²) in [5.74, 6) is 1.06. The summed E-state index contributed by atoms with van der Waals surface area (Å²) in [6.45, 7) is 5.98. The van der Waals surface area contributed by atoms with Gasteiger partial charge in [-0.25, -0.2) is 17.9 Å². The van der Waals surface area contributed by atoms with Gasteiger partial charge in [0.2, 0.25) is 0 Å². The van der Waals surface area contributed by atoms with Crippen LogP contribution in [-0.4, -0.2) is 41.1 Å². The highest BCUT2D eigenvalue weighted by Crippen LogP contribution is 2.20. The molecule has 0 spiro atoms. The van der Waals surface area contributed by atoms with E-state index in [1.165, 1.54) is 6.26 Å². The van der Waals surface area contributed by atoms with Crippen LogP contribution in [0.1, 0.15) is 32.4 Å². The van der Waals surface area contributed by atoms with Crippen LogP contribution in [0.2, 0.25) is 0 Å². The Morgan fingerprint density at radius 1 is 1.35 bits per heavy atom. The Morgan fingerprint density at radius 3 is 2.65 bits per heavy atom. The molecule has 20 heavy (non-hydrogen) atoms. The van der Waals surface area contributed by atoms with E-state index < -0.39 is 9.84 Å². The first-order valence-electron chi connectivity index (χ1n) is 6.55. The fourth-order valence-corrected chi connectivity index (χ4v) is 3.06. The van der Waals surface area contributed by atoms with E-state index >= 15 is 0 Å². The zero-order chi connectivity index (χ0) is 14.9. The summed E-state index contributed by atoms with van der Waals surface area (Å²) in [6.07, 6.45) is 4.67. The van der Waals surface area contributed by atoms with Crippen molar-refractivity contribution in [2.75, 3.05) is 17.3 Å². The predicted molar refractivity (Wildman–Crippen MR) is 79.9 cm³/mol. The number of sulfone groups is 1. The van der Waals surface area contributed by atoms with Crippen molar-refractivity contribution in [3.8, 4) is 0 Å². The van der Waals surface area contributed by atoms with Crippen LogP contribution in [0, 0.1) is 0 Å². The Labute approximate surface area is 119 Å². The third-order valence-electron chi connectivity index (χ3n) is 2.94. The molecule has 1 unspecified atom stereocenters. The van der Waals surface area contributed by atoms with Crippen LogP contribution < -0.4 is 5.32 Å². The van der Waals surface area contributed by atoms with Crippen molar-refractivity contribution >= 4 is 21.2 Å². The lowest BCUT2D eigenvalue weighted by Gasteiger charge is -2.13. The summed E-state index contributed by atoms with van der Waals surface area (Å²) in [7, 11) is -3.02. The number of fused-ring (bicyclic) bond motifs is 1. The third-order valence-corrected chi connectivity index (χ3v) is 4.04. The predicted octanol–water partition coefficient (Wildman–Crippen LogP) is 1.70. The molecule has 1 N–H and O–H groups in total. The quantitative estimate of drug-likeness (QED) is 0.908. The molecule has 6 nitrogen and oxygen atoms in total. The van der Waals surface area contributed by atoms with Gasteiger partial charge in [-0.2, -0.15) is 5.10 Å². The third kappa shape index (κ3) is 3.47. The van der Waals surface area contributed by atoms with Gasteiger partial charge in [-0.05, 0) is 18.9 Å². The Kier molecular flexibility index (Phi) is 3.99. The van der Waals surface area contributed by atoms with Gasteiger partial charge in [0.1, 0.15) is 15.4 Å². The van der Waals surface area contributed by atoms with Gasteiger partial charge in [-0.15, -0.1) is 0 Å². The standard InChI is InChI=1S/C13H20N4O2S/c1-9(2)11-7-12-13(14-5-6-17(12)16-11)15-10(3)8-20(4,18)19/h5-7,9-10H,8H2,1-4H3,(H,14,15). The second-order valence-corrected chi connectivity index (χ2v) is 7.65. The van der Waals surface area contributed by atoms with Crippen molar-refractivity contribution in [3.63, 3.8) is 0 Å². The average molecular weight is 296 g/mol. The van der Waals surface area contributed by atoms with Crippen LogP contribution in [0.5, 0.6) is 0 Å². The maximum Gasteiger partial charge on any atom is 0.152 e. The number of aromatic nitrogens is 3. The Balaban J connectivity index is 2.30. The smallest absolute Gasteiger partial charge is 0.152 e. The number of nitrogens with one attached hydrogen (secondary N) is 1. The van der Waals surface area contributed by atoms with Gasteiger partial charge in [-0.1, -0.05) is 13.8 Å². The van der Waals surface area contributed by atoms with E-state index in [0.29, 0.717) is 11.7 Å². The first-order chi connectivity index (χ1) is 9.26. The van der Waals surface area contributed by atoms with Crippen LogP contribution in [0.3, 0.4) is 0 Å². The summed E-state index contributed by atoms with van der Waals surface area (Å²) in [4.78, 5) is 4.28. The zero-order valence-corrected chi connectivity index (χ0v) is 13.0. The molecule has 0 aliphatic heterocycles. The summed E-state index contributed by atoms with van der Waals surface area (Å²) in [5.41, 5.74) is 1.84. The molecule has 0 aliphatic rings. The van der Waals surface area contributed by atoms with Crippen molar-refractivity contribution < 1.29 is 8.42 Å². The number of anilines is 1. The fraction of sp³-hybridized carbons (Fsp3) is 0.538. The van der Waals surface area contributed by atoms with Crippen LogP contribution in [0.15, 0.2) is 18.5 Å². The zero-order valence-electron chi connectivity index (χ0n) is 12.2. The summed E-state index contributed by atoms with van der Waals surface area (Å²) in [5, 5.41) is 7.62. The summed E-state index contributed by atoms with van der Waals surface area (Å²) in [6, 6.07) is 1.77. The van der Waals surface area contributed by atoms with Crippen LogP contribution in [-0.2, 0) is 9.84 Å². The average Bonchev–Trinajstić information content (AvgIpc) is 2.71. The van der Waals surface area contributed by atoms with Gasteiger partial charge in [-0.3, -0.25) is 0 Å². The first kappa shape index (κ1) is 14.8. The first-order valence-corrected chi connectivity index (χ1v) is 8.61. The van der Waals surface area contributed by atoms with Crippen molar-refractivity contribution in [3.05, 3.63) is 24.2 Å². The highest BCUT2D eigenvalue weighted by molar-refractivity contribution is 7.90. The van der Waals surface area contributed by atoms with Gasteiger partial charge in [0.05, 0.1) is 11.4 Å². The summed E-state index contributed by atoms with van der Waals surface area (Å²) < 4.78 is 24.4. The van der Waals surface area contributed by atoms with Gasteiger partial charge in [0.15, 0.2) is 5.82 Å². The van der Waals surface area contributed by atoms with E-state index in [1.807, 2.05) is 13.0 Å². The minimum atomic E-state index is -3.02. The molecule has 2 heterocycles. The minimum Gasteiger partial charge on any atom is -0.365 e. The lowest BCUT2D eigenvalue weighted by molar-refractivity contribution is 0.598. The van der Waals surface area contributed by atoms with Gasteiger partial charge >= 0.3 is 0 Å². The Hall–Kier alpha value is -1.63. The lowest BCUT2D eigenvalue weighted by Crippen LogP contribution is -2.25. The van der Waals surface area contributed by atoms with Crippen molar-refractivity contribution in [2.45, 2.75) is 32.7 Å². The SMILES string of the molecule is CC(CS(C)(=O)=O)Nc1nccn2nc(C(C)C)cc12. The van der Waals surface area contributed by atoms with Crippen molar-refractivity contribution in [2.24, 2.45) is 0 Å². The normalized spacial score (nSPS) is 13.8. The highest BCUT2D eigenvalue weighted by atomic mass is 32.2. The number of hydrogen-bond donors (Lipinski definition) is 1. The molecule has 110 valence electrons. The molecule has 0 amide bonds. The van der Waals surface area contributed by atoms with Crippen LogP contribution in [0.25, 0.3) is 5.52 Å². The highest BCUT2D eigenvalue weighted by Gasteiger charge is 2.14. The van der Waals surface area contributed by atoms with Crippen LogP contribution in [0.4, 0.5) is 5.82 Å². The molecule has 0 aliphatic carbocycles. The molecule has 0 bridgehead atoms. The molecular weight excluding hydrogens is 276 g/mol. The van der Waals surface area contributed by atoms with E-state index in [-0.39, 0.29) is 11.8 Å². The molecule has 0 saturated heterocycles. The number of hydrogen-bond acceptors (Lipinski definition) is 5. The van der Waals surface area contributed by atoms with E-state index in [0.717, 1.165) is 11.2 Å². The molecule has 2 aromatic heterocycles. The second kappa shape index (κ2) is 5.40. The van der Waals surface area contributed by atoms with Gasteiger partial charge in [0, 0.05) is 24.7 Å². The monoisotopic (exact) mass is 296 g/mol. The van der Waals surface area contributed by atoms with Gasteiger partial charge < -0.3 is 5.32 Å². The van der Waals surface area contributed by atoms with Crippen molar-refractivity contribution in [1.29, 1.82) is 0 Å². The topological polar surface area (TPSA) is 76.4 Å². The second-order valence-electron chi connectivity index (χ2n) is 5.47. The molecule has 0 saturated carbocycles. The molecule has 0 fully saturated rings. The molecule has 2 rings (SSSR count). The maximum absolute atomic E-state index is 11.3. The fourth-order valence-electron chi connectivity index (χ4n) is 2.06. The van der Waals surface area contributed by atoms with Crippen molar-refractivity contribution in [1.82, 2.24) is 14.6 Å². The van der Waals surface area contributed by atoms with E-state index in [9.17, 15) is 8.42 Å². The van der Waals surface area contributed by atoms with Crippen LogP contribution >= 0.6 is 0 Å². The number of rotatable bonds is 5. The molecule has 0 aromatic carbocycles. The Morgan fingerprint density at radius 2 is 2.05 bits per heavy atom. The minimum absolute atomic E-state index is 0.0703. The Bertz CT molecular complexity index is 706. The largest absolute Gasteiger partial charge is 0.365 e. The summed E-state index contributed by atoms with van der Waals surface area (Å²) >= 11 is 0. The van der Waals surface area contributed by atoms with Gasteiger partial charge in [0.25, 0.3) is 0 Å². The molecular formula is C13H20N4O2S. The van der Waals surface area contributed by atoms with E-state index in [2.05, 4.69) is 29.2 Å². The number of nitrogens with zero attached hydrogens (tertiary/aromatic N) is 3.